The predicted molar refractivity (Wildman–Crippen MR) is 92.9 cm³/mol. The first-order chi connectivity index (χ1) is 9.81. The molecule has 1 fully saturated rings. The van der Waals surface area contributed by atoms with E-state index in [1.807, 2.05) is 0 Å². The van der Waals surface area contributed by atoms with Crippen LogP contribution >= 0.6 is 22.6 Å². The van der Waals surface area contributed by atoms with Gasteiger partial charge in [-0.15, -0.1) is 0 Å². The summed E-state index contributed by atoms with van der Waals surface area (Å²) in [6.07, 6.45) is 1.30. The second-order valence-electron chi connectivity index (χ2n) is 5.47. The molecule has 2 heteroatoms. The van der Waals surface area contributed by atoms with E-state index < -0.39 is 0 Å². The Kier molecular flexibility index (Phi) is 4.41. The minimum atomic E-state index is 0.485. The van der Waals surface area contributed by atoms with Crippen LogP contribution in [0.5, 0.6) is 0 Å². The lowest BCUT2D eigenvalue weighted by atomic mass is 9.99. The van der Waals surface area contributed by atoms with Crippen molar-refractivity contribution < 1.29 is 0 Å². The third kappa shape index (κ3) is 2.91. The van der Waals surface area contributed by atoms with Gasteiger partial charge in [0, 0.05) is 9.61 Å². The Hall–Kier alpha value is -0.870. The van der Waals surface area contributed by atoms with Crippen LogP contribution in [-0.2, 0) is 0 Å². The summed E-state index contributed by atoms with van der Waals surface area (Å²) in [5.74, 6) is 1.45. The number of nitrogens with one attached hydrogen (secondary N) is 1. The molecular weight excluding hydrogens is 357 g/mol. The maximum absolute atomic E-state index is 3.70. The van der Waals surface area contributed by atoms with E-state index >= 15 is 0 Å². The highest BCUT2D eigenvalue weighted by Gasteiger charge is 2.44. The Morgan fingerprint density at radius 2 is 1.80 bits per heavy atom. The first kappa shape index (κ1) is 14.1. The van der Waals surface area contributed by atoms with Crippen molar-refractivity contribution in [3.63, 3.8) is 0 Å². The zero-order valence-corrected chi connectivity index (χ0v) is 13.9. The summed E-state index contributed by atoms with van der Waals surface area (Å²) < 4.78 is 1.37. The molecule has 0 spiro atoms. The molecule has 0 heterocycles. The molecule has 3 atom stereocenters. The van der Waals surface area contributed by atoms with E-state index in [1.165, 1.54) is 21.1 Å². The predicted octanol–water partition coefficient (Wildman–Crippen LogP) is 4.75. The summed E-state index contributed by atoms with van der Waals surface area (Å²) in [7, 11) is 0. The highest BCUT2D eigenvalue weighted by molar-refractivity contribution is 14.1. The summed E-state index contributed by atoms with van der Waals surface area (Å²) in [5.41, 5.74) is 2.95. The highest BCUT2D eigenvalue weighted by atomic mass is 127. The van der Waals surface area contributed by atoms with E-state index in [9.17, 15) is 0 Å². The van der Waals surface area contributed by atoms with Crippen LogP contribution < -0.4 is 5.32 Å². The molecule has 0 aromatic heterocycles. The number of hydrogen-bond acceptors (Lipinski definition) is 1. The Morgan fingerprint density at radius 1 is 1.10 bits per heavy atom. The fraction of sp³-hybridized carbons (Fsp3) is 0.333. The lowest BCUT2D eigenvalue weighted by molar-refractivity contribution is 0.485. The third-order valence-electron chi connectivity index (χ3n) is 4.16. The van der Waals surface area contributed by atoms with Crippen molar-refractivity contribution in [2.75, 3.05) is 6.54 Å². The maximum Gasteiger partial charge on any atom is 0.0365 e. The van der Waals surface area contributed by atoms with Crippen molar-refractivity contribution in [1.82, 2.24) is 5.32 Å². The standard InChI is InChI=1S/C18H20IN/c1-2-20-18(14-10-6-7-11-17(14)19)16-12-15(16)13-8-4-3-5-9-13/h3-11,15-16,18,20H,2,12H2,1H3. The highest BCUT2D eigenvalue weighted by Crippen LogP contribution is 2.54. The van der Waals surface area contributed by atoms with Gasteiger partial charge in [0.15, 0.2) is 0 Å². The van der Waals surface area contributed by atoms with Gasteiger partial charge in [0.2, 0.25) is 0 Å². The molecule has 0 radical (unpaired) electrons. The molecule has 1 aliphatic carbocycles. The average Bonchev–Trinajstić information content (AvgIpc) is 3.27. The maximum atomic E-state index is 3.70. The van der Waals surface area contributed by atoms with Gasteiger partial charge in [0.25, 0.3) is 0 Å². The molecule has 2 aromatic rings. The van der Waals surface area contributed by atoms with E-state index in [-0.39, 0.29) is 0 Å². The number of halogens is 1. The average molecular weight is 377 g/mol. The van der Waals surface area contributed by atoms with Crippen molar-refractivity contribution in [3.8, 4) is 0 Å². The number of hydrogen-bond donors (Lipinski definition) is 1. The molecule has 3 rings (SSSR count). The van der Waals surface area contributed by atoms with Crippen molar-refractivity contribution in [3.05, 3.63) is 69.3 Å². The molecule has 0 aliphatic heterocycles. The molecule has 3 unspecified atom stereocenters. The molecule has 20 heavy (non-hydrogen) atoms. The number of benzene rings is 2. The summed E-state index contributed by atoms with van der Waals surface area (Å²) >= 11 is 2.46. The van der Waals surface area contributed by atoms with Gasteiger partial charge >= 0.3 is 0 Å². The zero-order valence-electron chi connectivity index (χ0n) is 11.7. The van der Waals surface area contributed by atoms with Crippen molar-refractivity contribution in [2.24, 2.45) is 5.92 Å². The Labute approximate surface area is 134 Å². The molecule has 0 amide bonds. The molecule has 1 saturated carbocycles. The molecule has 1 nitrogen and oxygen atoms in total. The van der Waals surface area contributed by atoms with Crippen molar-refractivity contribution in [2.45, 2.75) is 25.3 Å². The molecule has 1 aliphatic rings. The van der Waals surface area contributed by atoms with Gasteiger partial charge in [-0.2, -0.15) is 0 Å². The van der Waals surface area contributed by atoms with Gasteiger partial charge in [-0.25, -0.2) is 0 Å². The van der Waals surface area contributed by atoms with Crippen LogP contribution in [-0.4, -0.2) is 6.54 Å². The van der Waals surface area contributed by atoms with Gasteiger partial charge in [-0.1, -0.05) is 55.5 Å². The van der Waals surface area contributed by atoms with Gasteiger partial charge in [-0.05, 0) is 64.6 Å². The Morgan fingerprint density at radius 3 is 2.50 bits per heavy atom. The molecule has 0 bridgehead atoms. The molecule has 1 N–H and O–H groups in total. The SMILES string of the molecule is CCNC(c1ccccc1I)C1CC1c1ccccc1. The topological polar surface area (TPSA) is 12.0 Å². The summed E-state index contributed by atoms with van der Waals surface area (Å²) in [6.45, 7) is 3.22. The lowest BCUT2D eigenvalue weighted by Gasteiger charge is -2.20. The molecule has 2 aromatic carbocycles. The van der Waals surface area contributed by atoms with E-state index in [0.29, 0.717) is 6.04 Å². The van der Waals surface area contributed by atoms with Crippen molar-refractivity contribution in [1.29, 1.82) is 0 Å². The van der Waals surface area contributed by atoms with Crippen LogP contribution in [0.4, 0.5) is 0 Å². The Bertz CT molecular complexity index is 567. The van der Waals surface area contributed by atoms with E-state index in [0.717, 1.165) is 18.4 Å². The van der Waals surface area contributed by atoms with Crippen molar-refractivity contribution >= 4 is 22.6 Å². The second kappa shape index (κ2) is 6.27. The fourth-order valence-corrected chi connectivity index (χ4v) is 3.83. The summed E-state index contributed by atoms with van der Waals surface area (Å²) in [6, 6.07) is 20.2. The summed E-state index contributed by atoms with van der Waals surface area (Å²) in [5, 5.41) is 3.70. The van der Waals surface area contributed by atoms with Gasteiger partial charge in [0.1, 0.15) is 0 Å². The fourth-order valence-electron chi connectivity index (χ4n) is 3.11. The smallest absolute Gasteiger partial charge is 0.0365 e. The van der Waals surface area contributed by atoms with Gasteiger partial charge in [-0.3, -0.25) is 0 Å². The normalized spacial score (nSPS) is 22.5. The summed E-state index contributed by atoms with van der Waals surface area (Å²) in [4.78, 5) is 0. The minimum Gasteiger partial charge on any atom is -0.310 e. The lowest BCUT2D eigenvalue weighted by Crippen LogP contribution is -2.24. The molecular formula is C18H20IN. The minimum absolute atomic E-state index is 0.485. The van der Waals surface area contributed by atoms with Crippen LogP contribution in [0.25, 0.3) is 0 Å². The largest absolute Gasteiger partial charge is 0.310 e. The van der Waals surface area contributed by atoms with Gasteiger partial charge in [0.05, 0.1) is 0 Å². The van der Waals surface area contributed by atoms with E-state index in [4.69, 9.17) is 0 Å². The quantitative estimate of drug-likeness (QED) is 0.742. The van der Waals surface area contributed by atoms with Crippen LogP contribution in [0.1, 0.15) is 36.4 Å². The van der Waals surface area contributed by atoms with E-state index in [2.05, 4.69) is 89.4 Å². The number of rotatable bonds is 5. The van der Waals surface area contributed by atoms with Crippen LogP contribution in [0.3, 0.4) is 0 Å². The Balaban J connectivity index is 1.82. The molecule has 104 valence electrons. The van der Waals surface area contributed by atoms with E-state index in [1.54, 1.807) is 0 Å². The van der Waals surface area contributed by atoms with Crippen LogP contribution in [0, 0.1) is 9.49 Å². The third-order valence-corrected chi connectivity index (χ3v) is 5.14. The first-order valence-corrected chi connectivity index (χ1v) is 8.42. The monoisotopic (exact) mass is 377 g/mol. The first-order valence-electron chi connectivity index (χ1n) is 7.34. The second-order valence-corrected chi connectivity index (χ2v) is 6.64. The van der Waals surface area contributed by atoms with Crippen LogP contribution in [0.2, 0.25) is 0 Å². The van der Waals surface area contributed by atoms with Crippen LogP contribution in [0.15, 0.2) is 54.6 Å². The molecule has 0 saturated heterocycles. The zero-order chi connectivity index (χ0) is 13.9. The van der Waals surface area contributed by atoms with Gasteiger partial charge < -0.3 is 5.32 Å².